The average molecular weight is 591 g/mol. The number of pyridine rings is 1. The molecule has 0 spiro atoms. The number of alkyl halides is 3. The molecule has 13 heteroatoms. The molecule has 0 unspecified atom stereocenters. The summed E-state index contributed by atoms with van der Waals surface area (Å²) in [4.78, 5) is 31.0. The number of amides is 1. The normalized spacial score (nSPS) is 11.9. The second kappa shape index (κ2) is 10.5. The molecular weight excluding hydrogens is 568 g/mol. The third-order valence-corrected chi connectivity index (χ3v) is 7.05. The first kappa shape index (κ1) is 27.8. The van der Waals surface area contributed by atoms with Crippen molar-refractivity contribution in [1.82, 2.24) is 24.5 Å². The third kappa shape index (κ3) is 5.03. The third-order valence-electron chi connectivity index (χ3n) is 7.05. The van der Waals surface area contributed by atoms with Crippen LogP contribution in [0.2, 0.25) is 0 Å². The fourth-order valence-electron chi connectivity index (χ4n) is 4.90. The SMILES string of the molecule is Cn1ncc2c3[nH]n(-c4ccc(C(=O)Nc5ccc(CCO)cc5)c(F)c4)c(=O)c3c(-c3cccc(C(F)(F)F)c3)nc21. The van der Waals surface area contributed by atoms with E-state index in [0.717, 1.165) is 28.4 Å². The highest BCUT2D eigenvalue weighted by molar-refractivity contribution is 6.08. The number of benzene rings is 3. The van der Waals surface area contributed by atoms with Gasteiger partial charge < -0.3 is 10.4 Å². The minimum Gasteiger partial charge on any atom is -0.396 e. The van der Waals surface area contributed by atoms with Crippen molar-refractivity contribution in [2.75, 3.05) is 11.9 Å². The largest absolute Gasteiger partial charge is 0.416 e. The molecule has 0 bridgehead atoms. The molecule has 3 heterocycles. The molecule has 0 radical (unpaired) electrons. The smallest absolute Gasteiger partial charge is 0.396 e. The van der Waals surface area contributed by atoms with Gasteiger partial charge >= 0.3 is 6.18 Å². The number of H-pyrrole nitrogens is 1. The van der Waals surface area contributed by atoms with Gasteiger partial charge in [-0.1, -0.05) is 24.3 Å². The summed E-state index contributed by atoms with van der Waals surface area (Å²) in [5.41, 5.74) is 0.125. The van der Waals surface area contributed by atoms with E-state index in [1.54, 1.807) is 31.3 Å². The number of aliphatic hydroxyl groups is 1. The van der Waals surface area contributed by atoms with Crippen LogP contribution in [0.4, 0.5) is 23.2 Å². The molecule has 6 aromatic rings. The van der Waals surface area contributed by atoms with Crippen LogP contribution in [-0.2, 0) is 19.6 Å². The zero-order valence-corrected chi connectivity index (χ0v) is 22.4. The van der Waals surface area contributed by atoms with E-state index in [-0.39, 0.29) is 40.0 Å². The number of nitrogens with one attached hydrogen (secondary N) is 2. The summed E-state index contributed by atoms with van der Waals surface area (Å²) in [5, 5.41) is 19.2. The number of carbonyl (C=O) groups excluding carboxylic acids is 1. The first-order valence-corrected chi connectivity index (χ1v) is 13.0. The second-order valence-corrected chi connectivity index (χ2v) is 9.84. The molecule has 43 heavy (non-hydrogen) atoms. The quantitative estimate of drug-likeness (QED) is 0.230. The van der Waals surface area contributed by atoms with Crippen LogP contribution in [0, 0.1) is 5.82 Å². The number of aromatic nitrogens is 5. The van der Waals surface area contributed by atoms with Gasteiger partial charge in [0.05, 0.1) is 45.0 Å². The highest BCUT2D eigenvalue weighted by atomic mass is 19.4. The maximum Gasteiger partial charge on any atom is 0.416 e. The van der Waals surface area contributed by atoms with Crippen LogP contribution in [0.5, 0.6) is 0 Å². The molecule has 3 aromatic carbocycles. The van der Waals surface area contributed by atoms with E-state index in [0.29, 0.717) is 23.1 Å². The van der Waals surface area contributed by atoms with E-state index in [1.165, 1.54) is 35.1 Å². The Balaban J connectivity index is 1.42. The van der Waals surface area contributed by atoms with Crippen molar-refractivity contribution >= 4 is 33.5 Å². The first-order valence-electron chi connectivity index (χ1n) is 13.0. The molecule has 3 aromatic heterocycles. The molecule has 0 atom stereocenters. The molecule has 218 valence electrons. The lowest BCUT2D eigenvalue weighted by Crippen LogP contribution is -2.17. The molecule has 0 aliphatic carbocycles. The number of rotatable bonds is 6. The first-order chi connectivity index (χ1) is 20.5. The highest BCUT2D eigenvalue weighted by Gasteiger charge is 2.31. The number of hydrogen-bond acceptors (Lipinski definition) is 5. The van der Waals surface area contributed by atoms with Gasteiger partial charge in [-0.2, -0.15) is 18.3 Å². The van der Waals surface area contributed by atoms with Gasteiger partial charge in [-0.3, -0.25) is 19.4 Å². The van der Waals surface area contributed by atoms with Crippen LogP contribution in [0.3, 0.4) is 0 Å². The van der Waals surface area contributed by atoms with E-state index in [2.05, 4.69) is 20.5 Å². The minimum atomic E-state index is -4.61. The topological polar surface area (TPSA) is 118 Å². The molecular formula is C30H22F4N6O3. The monoisotopic (exact) mass is 590 g/mol. The van der Waals surface area contributed by atoms with Gasteiger partial charge in [-0.05, 0) is 48.4 Å². The molecule has 0 fully saturated rings. The second-order valence-electron chi connectivity index (χ2n) is 9.84. The average Bonchev–Trinajstić information content (AvgIpc) is 3.53. The Morgan fingerprint density at radius 1 is 1.07 bits per heavy atom. The summed E-state index contributed by atoms with van der Waals surface area (Å²) in [6.07, 6.45) is -2.69. The van der Waals surface area contributed by atoms with Crippen molar-refractivity contribution in [2.24, 2.45) is 7.05 Å². The van der Waals surface area contributed by atoms with Crippen LogP contribution in [0.15, 0.2) is 77.7 Å². The van der Waals surface area contributed by atoms with E-state index in [9.17, 15) is 22.8 Å². The van der Waals surface area contributed by atoms with Gasteiger partial charge in [0.25, 0.3) is 11.5 Å². The van der Waals surface area contributed by atoms with Gasteiger partial charge in [0.15, 0.2) is 5.65 Å². The van der Waals surface area contributed by atoms with Crippen molar-refractivity contribution in [1.29, 1.82) is 0 Å². The lowest BCUT2D eigenvalue weighted by Gasteiger charge is -2.09. The predicted molar refractivity (Wildman–Crippen MR) is 152 cm³/mol. The Labute approximate surface area is 240 Å². The maximum atomic E-state index is 15.2. The fourth-order valence-corrected chi connectivity index (χ4v) is 4.90. The van der Waals surface area contributed by atoms with Gasteiger partial charge in [0.2, 0.25) is 0 Å². The summed E-state index contributed by atoms with van der Waals surface area (Å²) in [5.74, 6) is -1.61. The summed E-state index contributed by atoms with van der Waals surface area (Å²) in [7, 11) is 1.61. The van der Waals surface area contributed by atoms with Crippen molar-refractivity contribution in [3.63, 3.8) is 0 Å². The number of anilines is 1. The summed E-state index contributed by atoms with van der Waals surface area (Å²) in [6, 6.07) is 14.8. The van der Waals surface area contributed by atoms with E-state index in [1.807, 2.05) is 0 Å². The summed E-state index contributed by atoms with van der Waals surface area (Å²) >= 11 is 0. The zero-order chi connectivity index (χ0) is 30.5. The fraction of sp³-hybridized carbons (Fsp3) is 0.133. The summed E-state index contributed by atoms with van der Waals surface area (Å²) < 4.78 is 58.2. The predicted octanol–water partition coefficient (Wildman–Crippen LogP) is 5.21. The van der Waals surface area contributed by atoms with E-state index < -0.39 is 29.0 Å². The molecule has 0 saturated carbocycles. The van der Waals surface area contributed by atoms with Crippen LogP contribution in [0.25, 0.3) is 38.9 Å². The van der Waals surface area contributed by atoms with Gasteiger partial charge in [-0.25, -0.2) is 14.1 Å². The minimum absolute atomic E-state index is 0.00122. The Morgan fingerprint density at radius 3 is 2.53 bits per heavy atom. The molecule has 9 nitrogen and oxygen atoms in total. The van der Waals surface area contributed by atoms with Crippen molar-refractivity contribution < 1.29 is 27.5 Å². The highest BCUT2D eigenvalue weighted by Crippen LogP contribution is 2.35. The van der Waals surface area contributed by atoms with Crippen LogP contribution in [-0.4, -0.2) is 42.2 Å². The number of aliphatic hydroxyl groups excluding tert-OH is 1. The number of halogens is 4. The van der Waals surface area contributed by atoms with Gasteiger partial charge in [-0.15, -0.1) is 0 Å². The Kier molecular flexibility index (Phi) is 6.81. The number of fused-ring (bicyclic) bond motifs is 3. The standard InChI is InChI=1S/C30H22F4N6O3/c1-39-27-22(15-35-39)26-24(25(37-27)17-3-2-4-18(13-17)30(32,33)34)29(43)40(38-26)20-9-10-21(23(31)14-20)28(42)36-19-7-5-16(6-8-19)11-12-41/h2-10,13-15,38,41H,11-12H2,1H3,(H,36,42). The molecule has 0 aliphatic rings. The van der Waals surface area contributed by atoms with E-state index >= 15 is 4.39 Å². The number of nitrogens with zero attached hydrogens (tertiary/aromatic N) is 4. The number of aryl methyl sites for hydroxylation is 1. The molecule has 1 amide bonds. The lowest BCUT2D eigenvalue weighted by atomic mass is 10.0. The maximum absolute atomic E-state index is 15.2. The molecule has 3 N–H and O–H groups in total. The van der Waals surface area contributed by atoms with Crippen LogP contribution < -0.4 is 10.9 Å². The molecule has 0 saturated heterocycles. The lowest BCUT2D eigenvalue weighted by molar-refractivity contribution is -0.137. The Bertz CT molecular complexity index is 2080. The van der Waals surface area contributed by atoms with Crippen LogP contribution in [0.1, 0.15) is 21.5 Å². The van der Waals surface area contributed by atoms with Crippen molar-refractivity contribution in [3.8, 4) is 16.9 Å². The molecule has 6 rings (SSSR count). The molecule has 0 aliphatic heterocycles. The Morgan fingerprint density at radius 2 is 1.84 bits per heavy atom. The van der Waals surface area contributed by atoms with E-state index in [4.69, 9.17) is 5.11 Å². The van der Waals surface area contributed by atoms with Crippen molar-refractivity contribution in [3.05, 3.63) is 106 Å². The van der Waals surface area contributed by atoms with Gasteiger partial charge in [0, 0.05) is 31.0 Å². The zero-order valence-electron chi connectivity index (χ0n) is 22.4. The van der Waals surface area contributed by atoms with Gasteiger partial charge in [0.1, 0.15) is 5.82 Å². The van der Waals surface area contributed by atoms with Crippen molar-refractivity contribution in [2.45, 2.75) is 12.6 Å². The number of carbonyl (C=O) groups is 1. The van der Waals surface area contributed by atoms with Crippen LogP contribution >= 0.6 is 0 Å². The Hall–Kier alpha value is -5.30. The number of aromatic amines is 1. The summed E-state index contributed by atoms with van der Waals surface area (Å²) in [6.45, 7) is -0.0150. The number of hydrogen-bond donors (Lipinski definition) is 3.